The van der Waals surface area contributed by atoms with Gasteiger partial charge in [-0.1, -0.05) is 28.1 Å². The van der Waals surface area contributed by atoms with Crippen molar-refractivity contribution in [2.75, 3.05) is 0 Å². The Labute approximate surface area is 125 Å². The SMILES string of the molecule is NNC(=O)C1CCCn2cc(-c3ccc(Br)cc3)nc21. The van der Waals surface area contributed by atoms with Crippen LogP contribution in [0.1, 0.15) is 24.6 Å². The van der Waals surface area contributed by atoms with Gasteiger partial charge in [0.2, 0.25) is 5.91 Å². The van der Waals surface area contributed by atoms with Crippen LogP contribution in [0, 0.1) is 0 Å². The Balaban J connectivity index is 1.99. The molecule has 5 nitrogen and oxygen atoms in total. The molecular formula is C14H15BrN4O. The zero-order chi connectivity index (χ0) is 14.1. The number of nitrogens with one attached hydrogen (secondary N) is 1. The first-order valence-corrected chi connectivity index (χ1v) is 7.32. The van der Waals surface area contributed by atoms with Crippen LogP contribution in [0.4, 0.5) is 0 Å². The van der Waals surface area contributed by atoms with Gasteiger partial charge in [0, 0.05) is 22.8 Å². The van der Waals surface area contributed by atoms with Gasteiger partial charge in [0.15, 0.2) is 0 Å². The Kier molecular flexibility index (Phi) is 3.58. The zero-order valence-corrected chi connectivity index (χ0v) is 12.4. The molecule has 1 atom stereocenters. The lowest BCUT2D eigenvalue weighted by atomic mass is 9.98. The summed E-state index contributed by atoms with van der Waals surface area (Å²) >= 11 is 3.42. The molecule has 3 N–H and O–H groups in total. The minimum Gasteiger partial charge on any atom is -0.334 e. The highest BCUT2D eigenvalue weighted by Gasteiger charge is 2.28. The van der Waals surface area contributed by atoms with Gasteiger partial charge in [-0.05, 0) is 25.0 Å². The van der Waals surface area contributed by atoms with Crippen molar-refractivity contribution >= 4 is 21.8 Å². The van der Waals surface area contributed by atoms with Crippen LogP contribution in [-0.4, -0.2) is 15.5 Å². The third-order valence-electron chi connectivity index (χ3n) is 3.61. The number of halogens is 1. The summed E-state index contributed by atoms with van der Waals surface area (Å²) in [4.78, 5) is 16.5. The van der Waals surface area contributed by atoms with E-state index in [-0.39, 0.29) is 11.8 Å². The molecule has 0 fully saturated rings. The van der Waals surface area contributed by atoms with E-state index in [1.165, 1.54) is 0 Å². The summed E-state index contributed by atoms with van der Waals surface area (Å²) in [5.74, 6) is 5.64. The number of aromatic nitrogens is 2. The highest BCUT2D eigenvalue weighted by Crippen LogP contribution is 2.30. The number of fused-ring (bicyclic) bond motifs is 1. The van der Waals surface area contributed by atoms with E-state index < -0.39 is 0 Å². The van der Waals surface area contributed by atoms with Crippen LogP contribution in [0.5, 0.6) is 0 Å². The van der Waals surface area contributed by atoms with Crippen LogP contribution < -0.4 is 11.3 Å². The minimum atomic E-state index is -0.252. The van der Waals surface area contributed by atoms with Crippen molar-refractivity contribution in [3.63, 3.8) is 0 Å². The molecule has 0 spiro atoms. The fraction of sp³-hybridized carbons (Fsp3) is 0.286. The summed E-state index contributed by atoms with van der Waals surface area (Å²) in [6, 6.07) is 7.99. The lowest BCUT2D eigenvalue weighted by molar-refractivity contribution is -0.123. The third kappa shape index (κ3) is 2.36. The monoisotopic (exact) mass is 334 g/mol. The third-order valence-corrected chi connectivity index (χ3v) is 4.14. The van der Waals surface area contributed by atoms with Crippen molar-refractivity contribution in [1.82, 2.24) is 15.0 Å². The lowest BCUT2D eigenvalue weighted by Gasteiger charge is -2.21. The molecule has 0 saturated carbocycles. The molecule has 2 aromatic rings. The molecule has 2 heterocycles. The van der Waals surface area contributed by atoms with Gasteiger partial charge in [-0.2, -0.15) is 0 Å². The summed E-state index contributed by atoms with van der Waals surface area (Å²) in [6.07, 6.45) is 3.76. The van der Waals surface area contributed by atoms with Crippen LogP contribution in [-0.2, 0) is 11.3 Å². The highest BCUT2D eigenvalue weighted by atomic mass is 79.9. The molecule has 1 aromatic heterocycles. The number of amides is 1. The van der Waals surface area contributed by atoms with Gasteiger partial charge in [-0.25, -0.2) is 10.8 Å². The molecule has 0 saturated heterocycles. The Morgan fingerprint density at radius 3 is 2.85 bits per heavy atom. The average molecular weight is 335 g/mol. The Morgan fingerprint density at radius 2 is 2.15 bits per heavy atom. The first kappa shape index (κ1) is 13.3. The summed E-state index contributed by atoms with van der Waals surface area (Å²) in [5.41, 5.74) is 4.17. The molecule has 1 amide bonds. The van der Waals surface area contributed by atoms with Crippen molar-refractivity contribution < 1.29 is 4.79 Å². The molecule has 104 valence electrons. The molecule has 3 rings (SSSR count). The van der Waals surface area contributed by atoms with Gasteiger partial charge < -0.3 is 4.57 Å². The molecular weight excluding hydrogens is 320 g/mol. The highest BCUT2D eigenvalue weighted by molar-refractivity contribution is 9.10. The predicted molar refractivity (Wildman–Crippen MR) is 79.7 cm³/mol. The fourth-order valence-corrected chi connectivity index (χ4v) is 2.86. The number of nitrogens with zero attached hydrogens (tertiary/aromatic N) is 2. The van der Waals surface area contributed by atoms with Crippen LogP contribution >= 0.6 is 15.9 Å². The van der Waals surface area contributed by atoms with E-state index in [0.29, 0.717) is 0 Å². The molecule has 1 aromatic carbocycles. The van der Waals surface area contributed by atoms with Crippen LogP contribution in [0.15, 0.2) is 34.9 Å². The van der Waals surface area contributed by atoms with E-state index in [1.807, 2.05) is 30.5 Å². The molecule has 1 unspecified atom stereocenters. The van der Waals surface area contributed by atoms with Gasteiger partial charge >= 0.3 is 0 Å². The summed E-state index contributed by atoms with van der Waals surface area (Å²) in [6.45, 7) is 0.896. The van der Waals surface area contributed by atoms with Gasteiger partial charge in [0.05, 0.1) is 11.6 Å². The van der Waals surface area contributed by atoms with Gasteiger partial charge in [0.25, 0.3) is 0 Å². The van der Waals surface area contributed by atoms with Crippen LogP contribution in [0.25, 0.3) is 11.3 Å². The summed E-state index contributed by atoms with van der Waals surface area (Å²) in [5, 5.41) is 0. The summed E-state index contributed by atoms with van der Waals surface area (Å²) < 4.78 is 3.09. The molecule has 1 aliphatic rings. The van der Waals surface area contributed by atoms with E-state index in [9.17, 15) is 4.79 Å². The molecule has 20 heavy (non-hydrogen) atoms. The first-order chi connectivity index (χ1) is 9.69. The smallest absolute Gasteiger partial charge is 0.244 e. The van der Waals surface area contributed by atoms with E-state index in [2.05, 4.69) is 30.9 Å². The number of hydrazine groups is 1. The molecule has 0 bridgehead atoms. The van der Waals surface area contributed by atoms with Gasteiger partial charge in [-0.15, -0.1) is 0 Å². The van der Waals surface area contributed by atoms with Crippen LogP contribution in [0.2, 0.25) is 0 Å². The first-order valence-electron chi connectivity index (χ1n) is 6.52. The number of hydrogen-bond donors (Lipinski definition) is 2. The van der Waals surface area contributed by atoms with Crippen LogP contribution in [0.3, 0.4) is 0 Å². The number of hydrogen-bond acceptors (Lipinski definition) is 3. The van der Waals surface area contributed by atoms with E-state index in [4.69, 9.17) is 5.84 Å². The zero-order valence-electron chi connectivity index (χ0n) is 10.8. The lowest BCUT2D eigenvalue weighted by Crippen LogP contribution is -2.37. The second-order valence-electron chi connectivity index (χ2n) is 4.89. The quantitative estimate of drug-likeness (QED) is 0.502. The van der Waals surface area contributed by atoms with Crippen molar-refractivity contribution in [2.24, 2.45) is 5.84 Å². The predicted octanol–water partition coefficient (Wildman–Crippen LogP) is 2.18. The van der Waals surface area contributed by atoms with Crippen molar-refractivity contribution in [2.45, 2.75) is 25.3 Å². The molecule has 0 aliphatic carbocycles. The Bertz CT molecular complexity index is 635. The Morgan fingerprint density at radius 1 is 1.40 bits per heavy atom. The number of imidazole rings is 1. The minimum absolute atomic E-state index is 0.168. The maximum Gasteiger partial charge on any atom is 0.244 e. The topological polar surface area (TPSA) is 72.9 Å². The van der Waals surface area contributed by atoms with Crippen molar-refractivity contribution in [3.8, 4) is 11.3 Å². The second-order valence-corrected chi connectivity index (χ2v) is 5.80. The summed E-state index contributed by atoms with van der Waals surface area (Å²) in [7, 11) is 0. The van der Waals surface area contributed by atoms with E-state index in [0.717, 1.165) is 40.9 Å². The van der Waals surface area contributed by atoms with E-state index >= 15 is 0 Å². The Hall–Kier alpha value is -1.66. The normalized spacial score (nSPS) is 17.6. The number of benzene rings is 1. The molecule has 0 radical (unpaired) electrons. The van der Waals surface area contributed by atoms with Crippen molar-refractivity contribution in [3.05, 3.63) is 40.8 Å². The number of nitrogens with two attached hydrogens (primary N) is 1. The molecule has 1 aliphatic heterocycles. The largest absolute Gasteiger partial charge is 0.334 e. The molecule has 6 heteroatoms. The number of carbonyl (C=O) groups excluding carboxylic acids is 1. The van der Waals surface area contributed by atoms with E-state index in [1.54, 1.807) is 0 Å². The van der Waals surface area contributed by atoms with Gasteiger partial charge in [0.1, 0.15) is 5.82 Å². The number of carbonyl (C=O) groups is 1. The standard InChI is InChI=1S/C14H15BrN4O/c15-10-5-3-9(4-6-10)12-8-19-7-1-2-11(13(19)17-12)14(20)18-16/h3-6,8,11H,1-2,7,16H2,(H,18,20). The maximum absolute atomic E-state index is 11.8. The number of aryl methyl sites for hydroxylation is 1. The second kappa shape index (κ2) is 5.38. The van der Waals surface area contributed by atoms with Crippen molar-refractivity contribution in [1.29, 1.82) is 0 Å². The maximum atomic E-state index is 11.8. The van der Waals surface area contributed by atoms with Gasteiger partial charge in [-0.3, -0.25) is 10.2 Å². The fourth-order valence-electron chi connectivity index (χ4n) is 2.59. The number of rotatable bonds is 2. The average Bonchev–Trinajstić information content (AvgIpc) is 2.91.